The Morgan fingerprint density at radius 3 is 2.46 bits per heavy atom. The first-order chi connectivity index (χ1) is 13.6. The van der Waals surface area contributed by atoms with Crippen LogP contribution in [0.2, 0.25) is 10.0 Å². The van der Waals surface area contributed by atoms with Crippen molar-refractivity contribution in [1.29, 1.82) is 0 Å². The van der Waals surface area contributed by atoms with Gasteiger partial charge in [0.2, 0.25) is 0 Å². The second-order valence-electron chi connectivity index (χ2n) is 6.20. The van der Waals surface area contributed by atoms with Gasteiger partial charge in [0, 0.05) is 17.1 Å². The van der Waals surface area contributed by atoms with Crippen molar-refractivity contribution < 1.29 is 4.74 Å². The van der Waals surface area contributed by atoms with E-state index < -0.39 is 0 Å². The zero-order chi connectivity index (χ0) is 19.7. The largest absolute Gasteiger partial charge is 0.497 e. The summed E-state index contributed by atoms with van der Waals surface area (Å²) < 4.78 is 6.80. The molecule has 5 nitrogen and oxygen atoms in total. The lowest BCUT2D eigenvalue weighted by Gasteiger charge is -2.14. The van der Waals surface area contributed by atoms with Crippen molar-refractivity contribution in [3.05, 3.63) is 87.0 Å². The van der Waals surface area contributed by atoms with Crippen LogP contribution in [0.25, 0.3) is 22.2 Å². The summed E-state index contributed by atoms with van der Waals surface area (Å²) in [7, 11) is 1.61. The van der Waals surface area contributed by atoms with E-state index in [-0.39, 0.29) is 5.56 Å². The topological polar surface area (TPSA) is 57.0 Å². The molecule has 28 heavy (non-hydrogen) atoms. The zero-order valence-corrected chi connectivity index (χ0v) is 16.4. The number of rotatable bonds is 4. The van der Waals surface area contributed by atoms with Gasteiger partial charge in [-0.05, 0) is 35.9 Å². The van der Waals surface area contributed by atoms with Gasteiger partial charge >= 0.3 is 0 Å². The highest BCUT2D eigenvalue weighted by atomic mass is 35.5. The predicted molar refractivity (Wildman–Crippen MR) is 111 cm³/mol. The van der Waals surface area contributed by atoms with Gasteiger partial charge in [0.1, 0.15) is 17.7 Å². The van der Waals surface area contributed by atoms with Crippen molar-refractivity contribution in [3.8, 4) is 16.9 Å². The van der Waals surface area contributed by atoms with Crippen LogP contribution in [-0.4, -0.2) is 21.6 Å². The lowest BCUT2D eigenvalue weighted by atomic mass is 10.1. The lowest BCUT2D eigenvalue weighted by molar-refractivity contribution is 0.414. The highest BCUT2D eigenvalue weighted by molar-refractivity contribution is 6.39. The molecule has 0 saturated carbocycles. The van der Waals surface area contributed by atoms with Crippen LogP contribution >= 0.6 is 23.2 Å². The third-order valence-electron chi connectivity index (χ3n) is 4.48. The minimum absolute atomic E-state index is 0.225. The number of ether oxygens (including phenoxy) is 1. The van der Waals surface area contributed by atoms with Crippen molar-refractivity contribution >= 4 is 34.2 Å². The maximum atomic E-state index is 13.4. The molecular weight excluding hydrogens is 397 g/mol. The van der Waals surface area contributed by atoms with Crippen molar-refractivity contribution in [2.24, 2.45) is 0 Å². The van der Waals surface area contributed by atoms with E-state index in [1.165, 1.54) is 6.33 Å². The molecule has 0 radical (unpaired) electrons. The number of nitrogens with zero attached hydrogens (tertiary/aromatic N) is 3. The molecule has 0 aliphatic rings. The quantitative estimate of drug-likeness (QED) is 0.482. The van der Waals surface area contributed by atoms with Gasteiger partial charge in [-0.1, -0.05) is 41.4 Å². The number of pyridine rings is 1. The molecule has 0 N–H and O–H groups in total. The van der Waals surface area contributed by atoms with Gasteiger partial charge in [-0.2, -0.15) is 0 Å². The van der Waals surface area contributed by atoms with Gasteiger partial charge in [-0.3, -0.25) is 9.36 Å². The van der Waals surface area contributed by atoms with Crippen molar-refractivity contribution in [3.63, 3.8) is 0 Å². The third-order valence-corrected chi connectivity index (χ3v) is 5.11. The molecule has 2 aromatic carbocycles. The fourth-order valence-corrected chi connectivity index (χ4v) is 3.72. The van der Waals surface area contributed by atoms with Crippen LogP contribution < -0.4 is 10.3 Å². The third kappa shape index (κ3) is 3.35. The van der Waals surface area contributed by atoms with Crippen LogP contribution in [0.4, 0.5) is 0 Å². The van der Waals surface area contributed by atoms with Crippen LogP contribution in [0, 0.1) is 0 Å². The molecule has 140 valence electrons. The van der Waals surface area contributed by atoms with Crippen LogP contribution in [-0.2, 0) is 6.54 Å². The maximum absolute atomic E-state index is 13.4. The van der Waals surface area contributed by atoms with Crippen LogP contribution in [0.3, 0.4) is 0 Å². The lowest BCUT2D eigenvalue weighted by Crippen LogP contribution is -2.23. The average Bonchev–Trinajstić information content (AvgIpc) is 2.71. The second kappa shape index (κ2) is 7.62. The molecule has 0 aliphatic carbocycles. The predicted octanol–water partition coefficient (Wildman–Crippen LogP) is 4.82. The molecule has 0 atom stereocenters. The molecule has 2 heterocycles. The van der Waals surface area contributed by atoms with E-state index >= 15 is 0 Å². The fraction of sp³-hybridized carbons (Fsp3) is 0.0952. The Kier molecular flexibility index (Phi) is 5.03. The Bertz CT molecular complexity index is 1200. The van der Waals surface area contributed by atoms with Crippen molar-refractivity contribution in [2.75, 3.05) is 7.11 Å². The number of benzene rings is 2. The SMILES string of the molecule is COc1ccc(Cn2c(=O)c(-c3c(Cl)cccc3Cl)cc3cncnc32)cc1. The number of methoxy groups -OCH3 is 1. The minimum Gasteiger partial charge on any atom is -0.497 e. The minimum atomic E-state index is -0.225. The highest BCUT2D eigenvalue weighted by Gasteiger charge is 2.17. The monoisotopic (exact) mass is 411 g/mol. The Morgan fingerprint density at radius 1 is 1.07 bits per heavy atom. The summed E-state index contributed by atoms with van der Waals surface area (Å²) in [6.07, 6.45) is 3.09. The number of hydrogen-bond acceptors (Lipinski definition) is 4. The molecule has 0 amide bonds. The summed E-state index contributed by atoms with van der Waals surface area (Å²) in [6, 6.07) is 14.4. The van der Waals surface area contributed by atoms with E-state index in [2.05, 4.69) is 9.97 Å². The van der Waals surface area contributed by atoms with Gasteiger partial charge in [-0.15, -0.1) is 0 Å². The zero-order valence-electron chi connectivity index (χ0n) is 14.9. The van der Waals surface area contributed by atoms with Crippen LogP contribution in [0.15, 0.2) is 65.8 Å². The molecule has 2 aromatic heterocycles. The number of hydrogen-bond donors (Lipinski definition) is 0. The summed E-state index contributed by atoms with van der Waals surface area (Å²) >= 11 is 12.7. The molecule has 0 saturated heterocycles. The molecule has 0 aliphatic heterocycles. The van der Waals surface area contributed by atoms with Crippen molar-refractivity contribution in [1.82, 2.24) is 14.5 Å². The van der Waals surface area contributed by atoms with E-state index in [1.54, 1.807) is 42.1 Å². The molecule has 0 spiro atoms. The van der Waals surface area contributed by atoms with E-state index in [4.69, 9.17) is 27.9 Å². The van der Waals surface area contributed by atoms with E-state index in [0.29, 0.717) is 33.4 Å². The smallest absolute Gasteiger partial charge is 0.260 e. The van der Waals surface area contributed by atoms with E-state index in [1.807, 2.05) is 24.3 Å². The first-order valence-corrected chi connectivity index (χ1v) is 9.25. The summed E-state index contributed by atoms with van der Waals surface area (Å²) in [5, 5.41) is 1.55. The maximum Gasteiger partial charge on any atom is 0.260 e. The Hall–Kier alpha value is -2.89. The molecule has 0 fully saturated rings. The Labute approximate surface area is 171 Å². The summed E-state index contributed by atoms with van der Waals surface area (Å²) in [5.74, 6) is 0.750. The molecule has 0 unspecified atom stereocenters. The first-order valence-electron chi connectivity index (χ1n) is 8.49. The molecule has 4 rings (SSSR count). The summed E-state index contributed by atoms with van der Waals surface area (Å²) in [6.45, 7) is 0.340. The fourth-order valence-electron chi connectivity index (χ4n) is 3.11. The second-order valence-corrected chi connectivity index (χ2v) is 7.01. The van der Waals surface area contributed by atoms with Crippen molar-refractivity contribution in [2.45, 2.75) is 6.54 Å². The standard InChI is InChI=1S/C21H15Cl2N3O2/c1-28-15-7-5-13(6-8-15)11-26-20-14(10-24-12-25-20)9-16(21(26)27)19-17(22)3-2-4-18(19)23/h2-10,12H,11H2,1H3. The highest BCUT2D eigenvalue weighted by Crippen LogP contribution is 2.33. The van der Waals surface area contributed by atoms with Gasteiger partial charge in [0.05, 0.1) is 29.3 Å². The van der Waals surface area contributed by atoms with E-state index in [0.717, 1.165) is 16.7 Å². The average molecular weight is 412 g/mol. The molecule has 4 aromatic rings. The first kappa shape index (κ1) is 18.5. The molecule has 7 heteroatoms. The number of aromatic nitrogens is 3. The van der Waals surface area contributed by atoms with Crippen LogP contribution in [0.5, 0.6) is 5.75 Å². The van der Waals surface area contributed by atoms with Crippen LogP contribution in [0.1, 0.15) is 5.56 Å². The van der Waals surface area contributed by atoms with Gasteiger partial charge < -0.3 is 4.74 Å². The molecule has 0 bridgehead atoms. The van der Waals surface area contributed by atoms with E-state index in [9.17, 15) is 4.79 Å². The molecular formula is C21H15Cl2N3O2. The summed E-state index contributed by atoms with van der Waals surface area (Å²) in [5.41, 5.74) is 2.17. The number of halogens is 2. The van der Waals surface area contributed by atoms with Gasteiger partial charge in [0.15, 0.2) is 0 Å². The van der Waals surface area contributed by atoms with Gasteiger partial charge in [-0.25, -0.2) is 9.97 Å². The normalized spacial score (nSPS) is 11.0. The van der Waals surface area contributed by atoms with Gasteiger partial charge in [0.25, 0.3) is 5.56 Å². The number of fused-ring (bicyclic) bond motifs is 1. The summed E-state index contributed by atoms with van der Waals surface area (Å²) in [4.78, 5) is 21.8. The Balaban J connectivity index is 1.94. The Morgan fingerprint density at radius 2 is 1.79 bits per heavy atom.